The Morgan fingerprint density at radius 2 is 1.91 bits per heavy atom. The number of carbonyl (C=O) groups is 1. The number of nitrogens with zero attached hydrogens (tertiary/aromatic N) is 3. The van der Waals surface area contributed by atoms with Crippen molar-refractivity contribution in [2.24, 2.45) is 0 Å². The minimum Gasteiger partial charge on any atom is -0.471 e. The number of nitrogens with one attached hydrogen (secondary N) is 1. The summed E-state index contributed by atoms with van der Waals surface area (Å²) in [7, 11) is 0. The Bertz CT molecular complexity index is 1130. The van der Waals surface area contributed by atoms with Crippen LogP contribution in [0.5, 0.6) is 5.75 Å². The van der Waals surface area contributed by atoms with Gasteiger partial charge in [0.05, 0.1) is 17.5 Å². The molecule has 2 unspecified atom stereocenters. The standard InChI is InChI=1S/C25H28N4O4/c1-17-25(18(2)29(26-17)21-6-4-3-5-7-21)33-24-14-22(30)16-28(24)15-20-10-8-19(9-11-20)12-13-23(31)27-32/h3-13,22,24,30,32H,14-16H2,1-2H3,(H,27,31)/b13-12+. The number of para-hydroxylation sites is 1. The van der Waals surface area contributed by atoms with Crippen LogP contribution in [0.25, 0.3) is 11.8 Å². The van der Waals surface area contributed by atoms with Crippen molar-refractivity contribution < 1.29 is 19.8 Å². The molecule has 0 radical (unpaired) electrons. The van der Waals surface area contributed by atoms with E-state index in [1.165, 1.54) is 6.08 Å². The summed E-state index contributed by atoms with van der Waals surface area (Å²) in [5, 5.41) is 23.6. The lowest BCUT2D eigenvalue weighted by molar-refractivity contribution is -0.124. The summed E-state index contributed by atoms with van der Waals surface area (Å²) in [6, 6.07) is 17.7. The summed E-state index contributed by atoms with van der Waals surface area (Å²) >= 11 is 0. The van der Waals surface area contributed by atoms with E-state index in [1.807, 2.05) is 73.1 Å². The molecule has 0 aliphatic carbocycles. The van der Waals surface area contributed by atoms with Gasteiger partial charge < -0.3 is 9.84 Å². The van der Waals surface area contributed by atoms with Crippen LogP contribution in [0.3, 0.4) is 0 Å². The maximum atomic E-state index is 11.1. The number of aromatic nitrogens is 2. The number of hydrogen-bond donors (Lipinski definition) is 3. The molecule has 1 amide bonds. The highest BCUT2D eigenvalue weighted by Crippen LogP contribution is 2.30. The molecular formula is C25H28N4O4. The number of hydroxylamine groups is 1. The van der Waals surface area contributed by atoms with E-state index in [2.05, 4.69) is 10.00 Å². The lowest BCUT2D eigenvalue weighted by Gasteiger charge is -2.25. The SMILES string of the molecule is Cc1nn(-c2ccccc2)c(C)c1OC1CC(O)CN1Cc1ccc(/C=C/C(=O)NO)cc1. The molecule has 8 heteroatoms. The highest BCUT2D eigenvalue weighted by molar-refractivity contribution is 5.90. The monoisotopic (exact) mass is 448 g/mol. The van der Waals surface area contributed by atoms with Crippen LogP contribution >= 0.6 is 0 Å². The van der Waals surface area contributed by atoms with Crippen LogP contribution in [0.15, 0.2) is 60.7 Å². The number of rotatable bonds is 7. The lowest BCUT2D eigenvalue weighted by atomic mass is 10.1. The molecule has 8 nitrogen and oxygen atoms in total. The van der Waals surface area contributed by atoms with Gasteiger partial charge in [-0.1, -0.05) is 42.5 Å². The molecule has 4 rings (SSSR count). The zero-order chi connectivity index (χ0) is 23.4. The summed E-state index contributed by atoms with van der Waals surface area (Å²) < 4.78 is 8.28. The topological polar surface area (TPSA) is 99.9 Å². The molecule has 2 atom stereocenters. The second-order valence-corrected chi connectivity index (χ2v) is 8.19. The summed E-state index contributed by atoms with van der Waals surface area (Å²) in [4.78, 5) is 13.2. The van der Waals surface area contributed by atoms with Crippen LogP contribution in [-0.2, 0) is 11.3 Å². The first-order valence-corrected chi connectivity index (χ1v) is 10.9. The van der Waals surface area contributed by atoms with Crippen LogP contribution in [0, 0.1) is 13.8 Å². The average Bonchev–Trinajstić information content (AvgIpc) is 3.32. The number of aliphatic hydroxyl groups is 1. The largest absolute Gasteiger partial charge is 0.471 e. The van der Waals surface area contributed by atoms with E-state index in [9.17, 15) is 9.90 Å². The number of amides is 1. The third kappa shape index (κ3) is 5.31. The molecule has 2 aromatic carbocycles. The molecule has 1 aliphatic rings. The van der Waals surface area contributed by atoms with Gasteiger partial charge in [-0.05, 0) is 43.2 Å². The van der Waals surface area contributed by atoms with Gasteiger partial charge in [-0.15, -0.1) is 0 Å². The minimum atomic E-state index is -0.578. The Morgan fingerprint density at radius 3 is 2.61 bits per heavy atom. The number of carbonyl (C=O) groups excluding carboxylic acids is 1. The number of likely N-dealkylation sites (tertiary alicyclic amines) is 1. The van der Waals surface area contributed by atoms with Gasteiger partial charge in [-0.25, -0.2) is 10.2 Å². The van der Waals surface area contributed by atoms with Gasteiger partial charge in [0.15, 0.2) is 12.0 Å². The highest BCUT2D eigenvalue weighted by Gasteiger charge is 2.33. The van der Waals surface area contributed by atoms with Gasteiger partial charge in [-0.3, -0.25) is 14.9 Å². The van der Waals surface area contributed by atoms with Crippen molar-refractivity contribution in [1.29, 1.82) is 0 Å². The van der Waals surface area contributed by atoms with Crippen molar-refractivity contribution in [3.63, 3.8) is 0 Å². The molecular weight excluding hydrogens is 420 g/mol. The first-order valence-electron chi connectivity index (χ1n) is 10.9. The van der Waals surface area contributed by atoms with Gasteiger partial charge in [0.2, 0.25) is 0 Å². The van der Waals surface area contributed by atoms with Gasteiger partial charge in [-0.2, -0.15) is 5.10 Å². The predicted octanol–water partition coefficient (Wildman–Crippen LogP) is 2.98. The van der Waals surface area contributed by atoms with Gasteiger partial charge >= 0.3 is 0 Å². The van der Waals surface area contributed by atoms with E-state index in [4.69, 9.17) is 9.94 Å². The van der Waals surface area contributed by atoms with E-state index in [-0.39, 0.29) is 6.23 Å². The smallest absolute Gasteiger partial charge is 0.267 e. The molecule has 1 fully saturated rings. The summed E-state index contributed by atoms with van der Waals surface area (Å²) in [6.45, 7) is 5.06. The van der Waals surface area contributed by atoms with Gasteiger partial charge in [0, 0.05) is 25.6 Å². The fourth-order valence-corrected chi connectivity index (χ4v) is 4.07. The molecule has 0 spiro atoms. The van der Waals surface area contributed by atoms with E-state index < -0.39 is 12.0 Å². The normalized spacial score (nSPS) is 18.7. The molecule has 3 aromatic rings. The fourth-order valence-electron chi connectivity index (χ4n) is 4.07. The van der Waals surface area contributed by atoms with Crippen molar-refractivity contribution in [2.45, 2.75) is 39.1 Å². The minimum absolute atomic E-state index is 0.265. The van der Waals surface area contributed by atoms with Crippen LogP contribution in [-0.4, -0.2) is 49.8 Å². The maximum Gasteiger partial charge on any atom is 0.267 e. The number of β-amino-alcohol motifs (C(OH)–C–C–N with tert-alkyl or cyclic N) is 1. The number of benzene rings is 2. The number of aryl methyl sites for hydroxylation is 1. The quantitative estimate of drug-likeness (QED) is 0.292. The third-order valence-electron chi connectivity index (χ3n) is 5.71. The second-order valence-electron chi connectivity index (χ2n) is 8.19. The molecule has 2 heterocycles. The fraction of sp³-hybridized carbons (Fsp3) is 0.280. The number of aliphatic hydroxyl groups excluding tert-OH is 1. The van der Waals surface area contributed by atoms with Crippen LogP contribution in [0.4, 0.5) is 0 Å². The third-order valence-corrected chi connectivity index (χ3v) is 5.71. The highest BCUT2D eigenvalue weighted by atomic mass is 16.5. The molecule has 33 heavy (non-hydrogen) atoms. The van der Waals surface area contributed by atoms with E-state index >= 15 is 0 Å². The zero-order valence-electron chi connectivity index (χ0n) is 18.7. The Morgan fingerprint density at radius 1 is 1.18 bits per heavy atom. The van der Waals surface area contributed by atoms with Crippen molar-refractivity contribution in [1.82, 2.24) is 20.2 Å². The first-order chi connectivity index (χ1) is 15.9. The van der Waals surface area contributed by atoms with Crippen LogP contribution < -0.4 is 10.2 Å². The Kier molecular flexibility index (Phi) is 6.88. The van der Waals surface area contributed by atoms with Crippen molar-refractivity contribution >= 4 is 12.0 Å². The van der Waals surface area contributed by atoms with E-state index in [0.29, 0.717) is 19.5 Å². The maximum absolute atomic E-state index is 11.1. The second kappa shape index (κ2) is 9.99. The van der Waals surface area contributed by atoms with E-state index in [1.54, 1.807) is 11.6 Å². The van der Waals surface area contributed by atoms with Gasteiger partial charge in [0.25, 0.3) is 5.91 Å². The molecule has 0 bridgehead atoms. The van der Waals surface area contributed by atoms with Crippen molar-refractivity contribution in [3.05, 3.63) is 83.2 Å². The van der Waals surface area contributed by atoms with Crippen molar-refractivity contribution in [2.75, 3.05) is 6.54 Å². The molecule has 172 valence electrons. The van der Waals surface area contributed by atoms with Crippen LogP contribution in [0.2, 0.25) is 0 Å². The van der Waals surface area contributed by atoms with Gasteiger partial charge in [0.1, 0.15) is 5.69 Å². The Labute approximate surface area is 192 Å². The Balaban J connectivity index is 1.47. The number of ether oxygens (including phenoxy) is 1. The van der Waals surface area contributed by atoms with Crippen LogP contribution in [0.1, 0.15) is 28.9 Å². The first kappa shape index (κ1) is 22.7. The average molecular weight is 449 g/mol. The Hall–Kier alpha value is -3.46. The molecule has 1 aliphatic heterocycles. The summed E-state index contributed by atoms with van der Waals surface area (Å²) in [5.74, 6) is 0.164. The molecule has 0 saturated carbocycles. The zero-order valence-corrected chi connectivity index (χ0v) is 18.7. The molecule has 1 aromatic heterocycles. The predicted molar refractivity (Wildman–Crippen MR) is 124 cm³/mol. The van der Waals surface area contributed by atoms with E-state index in [0.717, 1.165) is 34.0 Å². The number of hydrogen-bond acceptors (Lipinski definition) is 6. The van der Waals surface area contributed by atoms with Crippen molar-refractivity contribution in [3.8, 4) is 11.4 Å². The molecule has 3 N–H and O–H groups in total. The summed E-state index contributed by atoms with van der Waals surface area (Å²) in [6.07, 6.45) is 2.68. The summed E-state index contributed by atoms with van der Waals surface area (Å²) in [5.41, 5.74) is 6.17. The molecule has 1 saturated heterocycles. The lowest BCUT2D eigenvalue weighted by Crippen LogP contribution is -2.33.